The van der Waals surface area contributed by atoms with E-state index in [1.807, 2.05) is 0 Å². The number of carbonyl (C=O) groups excluding carboxylic acids is 1. The van der Waals surface area contributed by atoms with Gasteiger partial charge in [0.1, 0.15) is 0 Å². The first kappa shape index (κ1) is 13.0. The first-order valence-corrected chi connectivity index (χ1v) is 6.73. The quantitative estimate of drug-likeness (QED) is 0.861. The predicted octanol–water partition coefficient (Wildman–Crippen LogP) is 1.69. The van der Waals surface area contributed by atoms with Crippen molar-refractivity contribution in [1.29, 1.82) is 0 Å². The molecule has 1 aromatic heterocycles. The Morgan fingerprint density at radius 2 is 2.28 bits per heavy atom. The van der Waals surface area contributed by atoms with E-state index in [9.17, 15) is 4.79 Å². The largest absolute Gasteiger partial charge is 0.350 e. The second-order valence-electron chi connectivity index (χ2n) is 4.76. The summed E-state index contributed by atoms with van der Waals surface area (Å²) in [6, 6.07) is 4.04. The first-order chi connectivity index (χ1) is 8.81. The summed E-state index contributed by atoms with van der Waals surface area (Å²) in [5.41, 5.74) is 0.633. The highest BCUT2D eigenvalue weighted by molar-refractivity contribution is 5.93. The van der Waals surface area contributed by atoms with Crippen molar-refractivity contribution in [2.75, 3.05) is 19.6 Å². The molecule has 1 atom stereocenters. The van der Waals surface area contributed by atoms with E-state index in [1.54, 1.807) is 24.5 Å². The number of carbonyl (C=O) groups is 1. The molecule has 4 nitrogen and oxygen atoms in total. The number of nitrogens with zero attached hydrogens (tertiary/aromatic N) is 2. The molecular weight excluding hydrogens is 226 g/mol. The number of rotatable bonds is 5. The van der Waals surface area contributed by atoms with E-state index in [1.165, 1.54) is 25.9 Å². The molecule has 0 aromatic carbocycles. The van der Waals surface area contributed by atoms with Crippen LogP contribution < -0.4 is 5.32 Å². The van der Waals surface area contributed by atoms with Crippen molar-refractivity contribution < 1.29 is 4.79 Å². The lowest BCUT2D eigenvalue weighted by Crippen LogP contribution is -2.42. The molecule has 18 heavy (non-hydrogen) atoms. The van der Waals surface area contributed by atoms with Crippen LogP contribution in [0.5, 0.6) is 0 Å². The van der Waals surface area contributed by atoms with Gasteiger partial charge in [0.2, 0.25) is 0 Å². The summed E-state index contributed by atoms with van der Waals surface area (Å²) in [7, 11) is 0. The Hall–Kier alpha value is -1.42. The number of hydrogen-bond donors (Lipinski definition) is 1. The van der Waals surface area contributed by atoms with Crippen LogP contribution in [0.4, 0.5) is 0 Å². The van der Waals surface area contributed by atoms with E-state index in [0.717, 1.165) is 13.0 Å². The van der Waals surface area contributed by atoms with Gasteiger partial charge in [0.25, 0.3) is 5.91 Å². The molecule has 0 aliphatic carbocycles. The molecule has 1 aliphatic heterocycles. The molecule has 1 unspecified atom stereocenters. The van der Waals surface area contributed by atoms with Crippen LogP contribution >= 0.6 is 0 Å². The SMILES string of the molecule is CCC(CNC(=O)c1cccnc1)N1CCCC1. The molecule has 1 aliphatic rings. The summed E-state index contributed by atoms with van der Waals surface area (Å²) in [5.74, 6) is -0.0271. The third-order valence-corrected chi connectivity index (χ3v) is 3.55. The van der Waals surface area contributed by atoms with Crippen molar-refractivity contribution >= 4 is 5.91 Å². The van der Waals surface area contributed by atoms with Gasteiger partial charge in [0.05, 0.1) is 5.56 Å². The normalized spacial score (nSPS) is 17.6. The Morgan fingerprint density at radius 1 is 1.50 bits per heavy atom. The minimum Gasteiger partial charge on any atom is -0.350 e. The number of likely N-dealkylation sites (tertiary alicyclic amines) is 1. The molecule has 2 heterocycles. The predicted molar refractivity (Wildman–Crippen MR) is 71.5 cm³/mol. The van der Waals surface area contributed by atoms with Gasteiger partial charge in [-0.1, -0.05) is 6.92 Å². The highest BCUT2D eigenvalue weighted by atomic mass is 16.1. The summed E-state index contributed by atoms with van der Waals surface area (Å²) in [4.78, 5) is 18.3. The summed E-state index contributed by atoms with van der Waals surface area (Å²) < 4.78 is 0. The molecule has 0 saturated carbocycles. The van der Waals surface area contributed by atoms with Gasteiger partial charge in [-0.05, 0) is 44.5 Å². The maximum Gasteiger partial charge on any atom is 0.252 e. The van der Waals surface area contributed by atoms with Crippen molar-refractivity contribution in [1.82, 2.24) is 15.2 Å². The van der Waals surface area contributed by atoms with Gasteiger partial charge in [0.15, 0.2) is 0 Å². The Morgan fingerprint density at radius 3 is 2.89 bits per heavy atom. The number of aromatic nitrogens is 1. The highest BCUT2D eigenvalue weighted by Crippen LogP contribution is 2.13. The standard InChI is InChI=1S/C14H21N3O/c1-2-13(17-8-3-4-9-17)11-16-14(18)12-6-5-7-15-10-12/h5-7,10,13H,2-4,8-9,11H2,1H3,(H,16,18). The number of amides is 1. The van der Waals surface area contributed by atoms with E-state index < -0.39 is 0 Å². The monoisotopic (exact) mass is 247 g/mol. The average Bonchev–Trinajstić information content (AvgIpc) is 2.94. The van der Waals surface area contributed by atoms with Crippen LogP contribution in [-0.2, 0) is 0 Å². The lowest BCUT2D eigenvalue weighted by Gasteiger charge is -2.26. The first-order valence-electron chi connectivity index (χ1n) is 6.73. The Labute approximate surface area is 108 Å². The molecule has 1 saturated heterocycles. The Balaban J connectivity index is 1.84. The third kappa shape index (κ3) is 3.29. The van der Waals surface area contributed by atoms with Gasteiger partial charge in [-0.15, -0.1) is 0 Å². The van der Waals surface area contributed by atoms with Crippen LogP contribution in [0.15, 0.2) is 24.5 Å². The number of nitrogens with one attached hydrogen (secondary N) is 1. The smallest absolute Gasteiger partial charge is 0.252 e. The van der Waals surface area contributed by atoms with Gasteiger partial charge < -0.3 is 5.32 Å². The zero-order chi connectivity index (χ0) is 12.8. The molecular formula is C14H21N3O. The molecule has 1 aromatic rings. The highest BCUT2D eigenvalue weighted by Gasteiger charge is 2.20. The maximum absolute atomic E-state index is 11.9. The molecule has 1 amide bonds. The van der Waals surface area contributed by atoms with Gasteiger partial charge in [-0.25, -0.2) is 0 Å². The lowest BCUT2D eigenvalue weighted by molar-refractivity contribution is 0.0936. The van der Waals surface area contributed by atoms with Gasteiger partial charge in [-0.3, -0.25) is 14.7 Å². The van der Waals surface area contributed by atoms with Crippen molar-refractivity contribution in [2.24, 2.45) is 0 Å². The van der Waals surface area contributed by atoms with E-state index >= 15 is 0 Å². The van der Waals surface area contributed by atoms with E-state index in [4.69, 9.17) is 0 Å². The summed E-state index contributed by atoms with van der Waals surface area (Å²) >= 11 is 0. The Kier molecular flexibility index (Phi) is 4.70. The fraction of sp³-hybridized carbons (Fsp3) is 0.571. The molecule has 0 radical (unpaired) electrons. The fourth-order valence-electron chi connectivity index (χ4n) is 2.45. The summed E-state index contributed by atoms with van der Waals surface area (Å²) in [6.45, 7) is 5.24. The van der Waals surface area contributed by atoms with Crippen molar-refractivity contribution in [3.05, 3.63) is 30.1 Å². The topological polar surface area (TPSA) is 45.2 Å². The van der Waals surface area contributed by atoms with Crippen molar-refractivity contribution in [2.45, 2.75) is 32.2 Å². The molecule has 0 spiro atoms. The van der Waals surface area contributed by atoms with Crippen LogP contribution in [0.25, 0.3) is 0 Å². The average molecular weight is 247 g/mol. The van der Waals surface area contributed by atoms with Crippen LogP contribution in [0.2, 0.25) is 0 Å². The zero-order valence-electron chi connectivity index (χ0n) is 10.9. The number of hydrogen-bond acceptors (Lipinski definition) is 3. The van der Waals surface area contributed by atoms with E-state index in [0.29, 0.717) is 11.6 Å². The minimum absolute atomic E-state index is 0.0271. The summed E-state index contributed by atoms with van der Waals surface area (Å²) in [6.07, 6.45) is 6.93. The lowest BCUT2D eigenvalue weighted by atomic mass is 10.2. The van der Waals surface area contributed by atoms with Crippen LogP contribution in [0.3, 0.4) is 0 Å². The molecule has 98 valence electrons. The molecule has 0 bridgehead atoms. The Bertz CT molecular complexity index is 374. The molecule has 1 fully saturated rings. The van der Waals surface area contributed by atoms with Crippen molar-refractivity contribution in [3.63, 3.8) is 0 Å². The summed E-state index contributed by atoms with van der Waals surface area (Å²) in [5, 5.41) is 3.01. The maximum atomic E-state index is 11.9. The van der Waals surface area contributed by atoms with Crippen LogP contribution in [0.1, 0.15) is 36.5 Å². The van der Waals surface area contributed by atoms with E-state index in [-0.39, 0.29) is 5.91 Å². The molecule has 4 heteroatoms. The van der Waals surface area contributed by atoms with Gasteiger partial charge in [-0.2, -0.15) is 0 Å². The zero-order valence-corrected chi connectivity index (χ0v) is 10.9. The molecule has 1 N–H and O–H groups in total. The van der Waals surface area contributed by atoms with Crippen LogP contribution in [-0.4, -0.2) is 41.5 Å². The minimum atomic E-state index is -0.0271. The third-order valence-electron chi connectivity index (χ3n) is 3.55. The van der Waals surface area contributed by atoms with Crippen molar-refractivity contribution in [3.8, 4) is 0 Å². The fourth-order valence-corrected chi connectivity index (χ4v) is 2.45. The van der Waals surface area contributed by atoms with Crippen LogP contribution in [0, 0.1) is 0 Å². The van der Waals surface area contributed by atoms with E-state index in [2.05, 4.69) is 22.1 Å². The second-order valence-corrected chi connectivity index (χ2v) is 4.76. The molecule has 2 rings (SSSR count). The number of pyridine rings is 1. The second kappa shape index (κ2) is 6.50. The van der Waals surface area contributed by atoms with Gasteiger partial charge in [0, 0.05) is 25.0 Å². The van der Waals surface area contributed by atoms with Gasteiger partial charge >= 0.3 is 0 Å².